The van der Waals surface area contributed by atoms with Crippen molar-refractivity contribution in [2.75, 3.05) is 25.6 Å². The number of anilines is 1. The molecule has 0 fully saturated rings. The molecule has 3 rings (SSSR count). The van der Waals surface area contributed by atoms with E-state index in [2.05, 4.69) is 20.7 Å². The van der Waals surface area contributed by atoms with Crippen LogP contribution in [-0.2, 0) is 11.3 Å². The Morgan fingerprint density at radius 1 is 1.28 bits per heavy atom. The summed E-state index contributed by atoms with van der Waals surface area (Å²) in [5.74, 6) is 0.174. The summed E-state index contributed by atoms with van der Waals surface area (Å²) in [6.07, 6.45) is 5.03. The Morgan fingerprint density at radius 2 is 2.14 bits per heavy atom. The van der Waals surface area contributed by atoms with Gasteiger partial charge in [-0.25, -0.2) is 9.67 Å². The lowest BCUT2D eigenvalue weighted by atomic mass is 10.1. The van der Waals surface area contributed by atoms with E-state index in [-0.39, 0.29) is 17.8 Å². The second kappa shape index (κ2) is 9.42. The number of nitrogens with one attached hydrogen (secondary N) is 2. The Morgan fingerprint density at radius 3 is 2.86 bits per heavy atom. The highest BCUT2D eigenvalue weighted by atomic mass is 16.6. The van der Waals surface area contributed by atoms with Gasteiger partial charge in [-0.2, -0.15) is 5.10 Å². The van der Waals surface area contributed by atoms with E-state index in [0.717, 1.165) is 5.56 Å². The first-order chi connectivity index (χ1) is 14.1. The number of carbonyl (C=O) groups is 1. The first-order valence-electron chi connectivity index (χ1n) is 8.83. The minimum Gasteiger partial charge on any atom is -0.383 e. The monoisotopic (exact) mass is 396 g/mol. The van der Waals surface area contributed by atoms with E-state index in [4.69, 9.17) is 4.74 Å². The summed E-state index contributed by atoms with van der Waals surface area (Å²) in [6, 6.07) is 9.67. The molecule has 10 nitrogen and oxygen atoms in total. The fraction of sp³-hybridized carbons (Fsp3) is 0.211. The Kier molecular flexibility index (Phi) is 6.48. The molecule has 0 spiro atoms. The maximum atomic E-state index is 12.5. The summed E-state index contributed by atoms with van der Waals surface area (Å²) in [5, 5.41) is 21.2. The summed E-state index contributed by atoms with van der Waals surface area (Å²) < 4.78 is 6.53. The van der Waals surface area contributed by atoms with Gasteiger partial charge in [0.05, 0.1) is 11.5 Å². The van der Waals surface area contributed by atoms with Gasteiger partial charge in [0.2, 0.25) is 0 Å². The Hall–Kier alpha value is -3.79. The summed E-state index contributed by atoms with van der Waals surface area (Å²) >= 11 is 0. The second-order valence-electron chi connectivity index (χ2n) is 6.03. The van der Waals surface area contributed by atoms with Crippen LogP contribution < -0.4 is 10.6 Å². The molecule has 10 heteroatoms. The van der Waals surface area contributed by atoms with E-state index in [1.807, 2.05) is 6.07 Å². The fourth-order valence-electron chi connectivity index (χ4n) is 2.71. The zero-order valence-corrected chi connectivity index (χ0v) is 15.7. The quantitative estimate of drug-likeness (QED) is 0.323. The highest BCUT2D eigenvalue weighted by Gasteiger charge is 2.18. The number of ether oxygens (including phenoxy) is 1. The largest absolute Gasteiger partial charge is 0.383 e. The third-order valence-electron chi connectivity index (χ3n) is 4.11. The van der Waals surface area contributed by atoms with Crippen molar-refractivity contribution in [1.82, 2.24) is 20.1 Å². The molecule has 0 saturated heterocycles. The lowest BCUT2D eigenvalue weighted by molar-refractivity contribution is -0.384. The van der Waals surface area contributed by atoms with E-state index < -0.39 is 10.8 Å². The number of rotatable bonds is 9. The third-order valence-corrected chi connectivity index (χ3v) is 4.11. The molecule has 0 aliphatic carbocycles. The average Bonchev–Trinajstić information content (AvgIpc) is 3.27. The molecule has 0 aliphatic rings. The van der Waals surface area contributed by atoms with Crippen LogP contribution in [0.15, 0.2) is 55.0 Å². The molecule has 0 bridgehead atoms. The number of amides is 1. The van der Waals surface area contributed by atoms with E-state index >= 15 is 0 Å². The number of hydrogen-bond acceptors (Lipinski definition) is 7. The molecule has 2 heterocycles. The van der Waals surface area contributed by atoms with Crippen molar-refractivity contribution in [3.05, 3.63) is 76.2 Å². The fourth-order valence-corrected chi connectivity index (χ4v) is 2.71. The average molecular weight is 396 g/mol. The van der Waals surface area contributed by atoms with Gasteiger partial charge >= 0.3 is 0 Å². The zero-order chi connectivity index (χ0) is 20.6. The number of methoxy groups -OCH3 is 1. The van der Waals surface area contributed by atoms with Crippen LogP contribution in [0.1, 0.15) is 15.9 Å². The summed E-state index contributed by atoms with van der Waals surface area (Å²) in [7, 11) is 1.55. The minimum absolute atomic E-state index is 0.174. The van der Waals surface area contributed by atoms with Crippen molar-refractivity contribution in [2.45, 2.75) is 6.54 Å². The Bertz CT molecular complexity index is 990. The molecule has 2 aromatic heterocycles. The highest BCUT2D eigenvalue weighted by molar-refractivity contribution is 5.95. The molecule has 0 saturated carbocycles. The normalized spacial score (nSPS) is 10.5. The van der Waals surface area contributed by atoms with E-state index in [1.54, 1.807) is 42.5 Å². The zero-order valence-electron chi connectivity index (χ0n) is 15.7. The van der Waals surface area contributed by atoms with Crippen LogP contribution in [0.25, 0.3) is 5.82 Å². The SMILES string of the molecule is COCCNc1ccc(C(=O)NCc2cccnc2-n2cccn2)cc1[N+](=O)[O-]. The van der Waals surface area contributed by atoms with Crippen LogP contribution in [0.3, 0.4) is 0 Å². The van der Waals surface area contributed by atoms with Gasteiger partial charge in [0.1, 0.15) is 5.69 Å². The summed E-state index contributed by atoms with van der Waals surface area (Å²) in [4.78, 5) is 27.7. The van der Waals surface area contributed by atoms with Gasteiger partial charge in [-0.15, -0.1) is 0 Å². The Balaban J connectivity index is 1.73. The number of nitrogens with zero attached hydrogens (tertiary/aromatic N) is 4. The molecule has 0 unspecified atom stereocenters. The third kappa shape index (κ3) is 4.93. The van der Waals surface area contributed by atoms with Gasteiger partial charge in [0, 0.05) is 56.0 Å². The van der Waals surface area contributed by atoms with Crippen LogP contribution in [0, 0.1) is 10.1 Å². The Labute approximate surface area is 166 Å². The van der Waals surface area contributed by atoms with Crippen molar-refractivity contribution in [2.24, 2.45) is 0 Å². The number of nitro benzene ring substituents is 1. The molecule has 2 N–H and O–H groups in total. The van der Waals surface area contributed by atoms with Crippen LogP contribution in [0.2, 0.25) is 0 Å². The standard InChI is InChI=1S/C19H20N6O4/c1-29-11-9-20-16-6-5-14(12-17(16)25(27)28)19(26)22-13-15-4-2-7-21-18(15)24-10-3-8-23-24/h2-8,10,12,20H,9,11,13H2,1H3,(H,22,26). The predicted molar refractivity (Wildman–Crippen MR) is 106 cm³/mol. The maximum Gasteiger partial charge on any atom is 0.293 e. The smallest absolute Gasteiger partial charge is 0.293 e. The maximum absolute atomic E-state index is 12.5. The topological polar surface area (TPSA) is 124 Å². The van der Waals surface area contributed by atoms with Gasteiger partial charge in [0.25, 0.3) is 11.6 Å². The molecular weight excluding hydrogens is 376 g/mol. The van der Waals surface area contributed by atoms with E-state index in [9.17, 15) is 14.9 Å². The molecule has 29 heavy (non-hydrogen) atoms. The molecule has 3 aromatic rings. The van der Waals surface area contributed by atoms with Gasteiger partial charge in [0.15, 0.2) is 5.82 Å². The van der Waals surface area contributed by atoms with Crippen molar-refractivity contribution < 1.29 is 14.5 Å². The number of nitro groups is 1. The van der Waals surface area contributed by atoms with Gasteiger partial charge in [-0.05, 0) is 24.3 Å². The number of hydrogen-bond donors (Lipinski definition) is 2. The van der Waals surface area contributed by atoms with Crippen molar-refractivity contribution in [3.8, 4) is 5.82 Å². The van der Waals surface area contributed by atoms with E-state index in [1.165, 1.54) is 18.2 Å². The molecular formula is C19H20N6O4. The van der Waals surface area contributed by atoms with E-state index in [0.29, 0.717) is 24.7 Å². The van der Waals surface area contributed by atoms with Crippen molar-refractivity contribution in [3.63, 3.8) is 0 Å². The van der Waals surface area contributed by atoms with Crippen LogP contribution in [0.5, 0.6) is 0 Å². The van der Waals surface area contributed by atoms with Crippen LogP contribution >= 0.6 is 0 Å². The number of carbonyl (C=O) groups excluding carboxylic acids is 1. The molecule has 0 radical (unpaired) electrons. The molecule has 1 amide bonds. The summed E-state index contributed by atoms with van der Waals surface area (Å²) in [5.41, 5.74) is 1.11. The number of benzene rings is 1. The van der Waals surface area contributed by atoms with Gasteiger partial charge in [-0.1, -0.05) is 6.07 Å². The van der Waals surface area contributed by atoms with Crippen molar-refractivity contribution in [1.29, 1.82) is 0 Å². The number of aromatic nitrogens is 3. The lowest BCUT2D eigenvalue weighted by Crippen LogP contribution is -2.24. The van der Waals surface area contributed by atoms with Crippen molar-refractivity contribution >= 4 is 17.3 Å². The minimum atomic E-state index is -0.525. The highest BCUT2D eigenvalue weighted by Crippen LogP contribution is 2.25. The molecule has 1 aromatic carbocycles. The van der Waals surface area contributed by atoms with Crippen LogP contribution in [0.4, 0.5) is 11.4 Å². The second-order valence-corrected chi connectivity index (χ2v) is 6.03. The first kappa shape index (κ1) is 20.0. The number of pyridine rings is 1. The van der Waals surface area contributed by atoms with Gasteiger partial charge < -0.3 is 15.4 Å². The lowest BCUT2D eigenvalue weighted by Gasteiger charge is -2.11. The molecule has 0 aliphatic heterocycles. The van der Waals surface area contributed by atoms with Crippen LogP contribution in [-0.4, -0.2) is 45.9 Å². The first-order valence-corrected chi connectivity index (χ1v) is 8.83. The molecule has 0 atom stereocenters. The molecule has 150 valence electrons. The summed E-state index contributed by atoms with van der Waals surface area (Å²) in [6.45, 7) is 1.02. The van der Waals surface area contributed by atoms with Gasteiger partial charge in [-0.3, -0.25) is 14.9 Å². The predicted octanol–water partition coefficient (Wildman–Crippen LogP) is 2.16.